The maximum Gasteiger partial charge on any atom is 0.203 e. The number of aromatic nitrogens is 5. The van der Waals surface area contributed by atoms with Crippen molar-refractivity contribution >= 4 is 33.8 Å². The van der Waals surface area contributed by atoms with Gasteiger partial charge in [-0.25, -0.2) is 4.98 Å². The number of hydrogen-bond acceptors (Lipinski definition) is 5. The summed E-state index contributed by atoms with van der Waals surface area (Å²) in [5, 5.41) is 5.96. The molecule has 0 fully saturated rings. The summed E-state index contributed by atoms with van der Waals surface area (Å²) in [5.74, 6) is 0.905. The molecule has 1 unspecified atom stereocenters. The van der Waals surface area contributed by atoms with Gasteiger partial charge in [0.1, 0.15) is 11.6 Å². The van der Waals surface area contributed by atoms with Gasteiger partial charge < -0.3 is 4.90 Å². The number of hydrogen-bond donors (Lipinski definition) is 1. The highest BCUT2D eigenvalue weighted by Gasteiger charge is 2.16. The Morgan fingerprint density at radius 1 is 1.14 bits per heavy atom. The van der Waals surface area contributed by atoms with Crippen LogP contribution in [0.15, 0.2) is 48.8 Å². The van der Waals surface area contributed by atoms with Crippen LogP contribution in [-0.2, 0) is 19.8 Å². The first-order valence-corrected chi connectivity index (χ1v) is 10.6. The monoisotopic (exact) mass is 411 g/mol. The molecule has 0 spiro atoms. The Morgan fingerprint density at radius 3 is 2.68 bits per heavy atom. The number of nitrogens with one attached hydrogen (secondary N) is 1. The Kier molecular flexibility index (Phi) is 5.61. The number of nitrogens with zero attached hydrogens (tertiary/aromatic N) is 5. The van der Waals surface area contributed by atoms with Crippen LogP contribution in [0.4, 0.5) is 0 Å². The van der Waals surface area contributed by atoms with Crippen LogP contribution in [0.1, 0.15) is 18.4 Å². The first-order chi connectivity index (χ1) is 13.7. The lowest BCUT2D eigenvalue weighted by atomic mass is 10.2. The lowest BCUT2D eigenvalue weighted by Gasteiger charge is -2.11. The van der Waals surface area contributed by atoms with Gasteiger partial charge in [0.05, 0.1) is 17.3 Å². The smallest absolute Gasteiger partial charge is 0.203 e. The van der Waals surface area contributed by atoms with Crippen molar-refractivity contribution in [2.75, 3.05) is 7.05 Å². The zero-order valence-electron chi connectivity index (χ0n) is 16.0. The molecule has 0 saturated carbocycles. The molecule has 1 N–H and O–H groups in total. The van der Waals surface area contributed by atoms with Crippen molar-refractivity contribution in [2.45, 2.75) is 33.1 Å². The standard InChI is InChI=1S/C20H22N6S2/c1-3-12-25-19(15-8-10-21-11-9-15)23-26(20(25)27)14-24(2)13-18-22-16-6-4-5-7-17(16)28-18/h4-11H,3,12-14H2,1-2H3/p+1. The van der Waals surface area contributed by atoms with E-state index in [0.29, 0.717) is 6.67 Å². The topological polar surface area (TPSA) is 53.0 Å². The number of fused-ring (bicyclic) bond motifs is 1. The zero-order valence-corrected chi connectivity index (χ0v) is 17.6. The summed E-state index contributed by atoms with van der Waals surface area (Å²) in [6.45, 7) is 4.54. The van der Waals surface area contributed by atoms with Gasteiger partial charge in [-0.2, -0.15) is 4.68 Å². The van der Waals surface area contributed by atoms with E-state index in [1.54, 1.807) is 23.7 Å². The van der Waals surface area contributed by atoms with Gasteiger partial charge in [0.2, 0.25) is 4.77 Å². The Morgan fingerprint density at radius 2 is 1.93 bits per heavy atom. The number of benzene rings is 1. The molecule has 4 aromatic rings. The van der Waals surface area contributed by atoms with Gasteiger partial charge in [0.15, 0.2) is 12.5 Å². The molecule has 4 rings (SSSR count). The summed E-state index contributed by atoms with van der Waals surface area (Å²) < 4.78 is 6.05. The van der Waals surface area contributed by atoms with E-state index >= 15 is 0 Å². The molecule has 6 nitrogen and oxygen atoms in total. The number of thiazole rings is 1. The molecule has 0 aliphatic heterocycles. The van der Waals surface area contributed by atoms with Crippen LogP contribution in [0.25, 0.3) is 21.6 Å². The Hall–Kier alpha value is -2.42. The highest BCUT2D eigenvalue weighted by Crippen LogP contribution is 2.21. The minimum absolute atomic E-state index is 0.698. The zero-order chi connectivity index (χ0) is 19.5. The van der Waals surface area contributed by atoms with Crippen LogP contribution in [-0.4, -0.2) is 31.4 Å². The van der Waals surface area contributed by atoms with Gasteiger partial charge in [0.25, 0.3) is 0 Å². The largest absolute Gasteiger partial charge is 0.313 e. The SMILES string of the molecule is CCCn1c(-c2ccncc2)nn(C[NH+](C)Cc2nc3ccccc3s2)c1=S. The molecule has 0 saturated heterocycles. The summed E-state index contributed by atoms with van der Waals surface area (Å²) in [5.41, 5.74) is 2.11. The van der Waals surface area contributed by atoms with E-state index in [0.717, 1.165) is 46.2 Å². The molecule has 1 aromatic carbocycles. The molecule has 0 aliphatic rings. The molecule has 28 heavy (non-hydrogen) atoms. The van der Waals surface area contributed by atoms with Crippen molar-refractivity contribution in [1.29, 1.82) is 0 Å². The maximum atomic E-state index is 5.74. The Bertz CT molecular complexity index is 1100. The molecule has 144 valence electrons. The van der Waals surface area contributed by atoms with Crippen molar-refractivity contribution in [2.24, 2.45) is 0 Å². The van der Waals surface area contributed by atoms with Gasteiger partial charge in [-0.15, -0.1) is 16.4 Å². The fraction of sp³-hybridized carbons (Fsp3) is 0.300. The highest BCUT2D eigenvalue weighted by molar-refractivity contribution is 7.71. The van der Waals surface area contributed by atoms with Gasteiger partial charge >= 0.3 is 0 Å². The third kappa shape index (κ3) is 3.89. The summed E-state index contributed by atoms with van der Waals surface area (Å²) >= 11 is 7.49. The first-order valence-electron chi connectivity index (χ1n) is 9.39. The molecule has 0 amide bonds. The normalized spacial score (nSPS) is 12.5. The number of quaternary nitrogens is 1. The minimum Gasteiger partial charge on any atom is -0.313 e. The summed E-state index contributed by atoms with van der Waals surface area (Å²) in [6, 6.07) is 12.2. The first kappa shape index (κ1) is 18.9. The van der Waals surface area contributed by atoms with Crippen LogP contribution in [0.3, 0.4) is 0 Å². The summed E-state index contributed by atoms with van der Waals surface area (Å²) in [4.78, 5) is 10.1. The predicted octanol–water partition coefficient (Wildman–Crippen LogP) is 3.17. The molecule has 1 atom stereocenters. The lowest BCUT2D eigenvalue weighted by Crippen LogP contribution is -3.07. The highest BCUT2D eigenvalue weighted by atomic mass is 32.1. The van der Waals surface area contributed by atoms with E-state index in [1.165, 1.54) is 9.60 Å². The summed E-state index contributed by atoms with van der Waals surface area (Å²) in [6.07, 6.45) is 4.59. The van der Waals surface area contributed by atoms with Crippen molar-refractivity contribution in [3.63, 3.8) is 0 Å². The van der Waals surface area contributed by atoms with Gasteiger partial charge in [-0.05, 0) is 42.9 Å². The van der Waals surface area contributed by atoms with Crippen molar-refractivity contribution in [3.05, 3.63) is 58.6 Å². The average Bonchev–Trinajstić information content (AvgIpc) is 3.24. The van der Waals surface area contributed by atoms with E-state index in [1.807, 2.05) is 22.9 Å². The second kappa shape index (κ2) is 8.30. The van der Waals surface area contributed by atoms with E-state index < -0.39 is 0 Å². The third-order valence-corrected chi connectivity index (χ3v) is 5.99. The summed E-state index contributed by atoms with van der Waals surface area (Å²) in [7, 11) is 2.15. The maximum absolute atomic E-state index is 5.74. The number of para-hydroxylation sites is 1. The van der Waals surface area contributed by atoms with Crippen molar-refractivity contribution in [1.82, 2.24) is 24.3 Å². The van der Waals surface area contributed by atoms with Crippen LogP contribution >= 0.6 is 23.6 Å². The lowest BCUT2D eigenvalue weighted by molar-refractivity contribution is -0.917. The van der Waals surface area contributed by atoms with Crippen LogP contribution in [0.5, 0.6) is 0 Å². The molecular weight excluding hydrogens is 388 g/mol. The third-order valence-electron chi connectivity index (χ3n) is 4.52. The molecular formula is C20H23N6S2+. The molecule has 8 heteroatoms. The molecule has 3 aromatic heterocycles. The van der Waals surface area contributed by atoms with Crippen molar-refractivity contribution < 1.29 is 4.90 Å². The molecule has 0 radical (unpaired) electrons. The fourth-order valence-corrected chi connectivity index (χ4v) is 4.61. The van der Waals surface area contributed by atoms with Gasteiger partial charge in [-0.1, -0.05) is 19.1 Å². The average molecular weight is 412 g/mol. The van der Waals surface area contributed by atoms with E-state index in [2.05, 4.69) is 41.7 Å². The predicted molar refractivity (Wildman–Crippen MR) is 115 cm³/mol. The quantitative estimate of drug-likeness (QED) is 0.475. The minimum atomic E-state index is 0.698. The van der Waals surface area contributed by atoms with Crippen molar-refractivity contribution in [3.8, 4) is 11.4 Å². The Labute approximate surface area is 173 Å². The van der Waals surface area contributed by atoms with E-state index in [-0.39, 0.29) is 0 Å². The molecule has 3 heterocycles. The molecule has 0 bridgehead atoms. The van der Waals surface area contributed by atoms with Gasteiger partial charge in [-0.3, -0.25) is 9.55 Å². The molecule has 0 aliphatic carbocycles. The van der Waals surface area contributed by atoms with Crippen LogP contribution < -0.4 is 4.90 Å². The number of rotatable bonds is 7. The fourth-order valence-electron chi connectivity index (χ4n) is 3.25. The number of pyridine rings is 1. The van der Waals surface area contributed by atoms with Crippen LogP contribution in [0.2, 0.25) is 0 Å². The second-order valence-corrected chi connectivity index (χ2v) is 8.34. The van der Waals surface area contributed by atoms with E-state index in [4.69, 9.17) is 22.3 Å². The Balaban J connectivity index is 1.57. The van der Waals surface area contributed by atoms with Crippen LogP contribution in [0, 0.1) is 4.77 Å². The van der Waals surface area contributed by atoms with Gasteiger partial charge in [0, 0.05) is 24.5 Å². The second-order valence-electron chi connectivity index (χ2n) is 6.86. The van der Waals surface area contributed by atoms with E-state index in [9.17, 15) is 0 Å².